The first kappa shape index (κ1) is 18.5. The number of hydroxylamine groups is 3. The average Bonchev–Trinajstić information content (AvgIpc) is 2.92. The lowest BCUT2D eigenvalue weighted by Crippen LogP contribution is -2.77. The predicted molar refractivity (Wildman–Crippen MR) is 113 cm³/mol. The molecule has 0 N–H and O–H groups in total. The molecule has 1 saturated carbocycles. The van der Waals surface area contributed by atoms with Crippen molar-refractivity contribution < 1.29 is 23.7 Å². The van der Waals surface area contributed by atoms with E-state index >= 15 is 0 Å². The molecule has 7 nitrogen and oxygen atoms in total. The number of ether oxygens (including phenoxy) is 3. The van der Waals surface area contributed by atoms with E-state index in [1.54, 1.807) is 14.2 Å². The number of carbonyl (C=O) groups is 1. The Bertz CT molecular complexity index is 1040. The van der Waals surface area contributed by atoms with Crippen LogP contribution in [0.15, 0.2) is 23.8 Å². The summed E-state index contributed by atoms with van der Waals surface area (Å²) in [6.45, 7) is 1.75. The van der Waals surface area contributed by atoms with Crippen LogP contribution in [-0.2, 0) is 14.9 Å². The van der Waals surface area contributed by atoms with E-state index in [0.29, 0.717) is 43.5 Å². The number of anilines is 1. The molecule has 164 valence electrons. The molecular weight excluding hydrogens is 396 g/mol. The zero-order valence-corrected chi connectivity index (χ0v) is 18.0. The van der Waals surface area contributed by atoms with Gasteiger partial charge in [0.05, 0.1) is 57.0 Å². The molecule has 1 amide bonds. The van der Waals surface area contributed by atoms with E-state index in [0.717, 1.165) is 30.5 Å². The molecule has 1 aromatic rings. The topological polar surface area (TPSA) is 71.1 Å². The quantitative estimate of drug-likeness (QED) is 0.415. The predicted octanol–water partition coefficient (Wildman–Crippen LogP) is 2.51. The van der Waals surface area contributed by atoms with Gasteiger partial charge in [0.2, 0.25) is 5.91 Å². The molecule has 5 heterocycles. The van der Waals surface area contributed by atoms with E-state index in [1.165, 1.54) is 5.57 Å². The van der Waals surface area contributed by atoms with Gasteiger partial charge in [-0.1, -0.05) is 6.08 Å². The largest absolute Gasteiger partial charge is 0.632 e. The number of rotatable bonds is 2. The van der Waals surface area contributed by atoms with E-state index in [2.05, 4.69) is 12.1 Å². The molecule has 7 heteroatoms. The standard InChI is InChI=1S/C24H28N2O5/c1-29-17-9-15-16(10-18(17)30-2)25-21(27)11-19-22-14-8-20-24(15,23(22)25)5-3-6-26(20,28)12-13(14)4-7-31-19/h4,9-10,14,19-20,22-23H,3,5-8,11-12H2,1-2H3/t14-,19-,20-,22?,23-,24+,26?/m0/s1. The summed E-state index contributed by atoms with van der Waals surface area (Å²) < 4.78 is 17.4. The molecule has 1 aromatic carbocycles. The number of carbonyl (C=O) groups excluding carboxylic acids is 1. The first-order valence-electron chi connectivity index (χ1n) is 11.5. The maximum Gasteiger partial charge on any atom is 0.229 e. The second-order valence-electron chi connectivity index (χ2n) is 10.2. The fourth-order valence-electron chi connectivity index (χ4n) is 8.39. The lowest BCUT2D eigenvalue weighted by Gasteiger charge is -2.68. The van der Waals surface area contributed by atoms with Crippen molar-refractivity contribution in [2.45, 2.75) is 49.3 Å². The highest BCUT2D eigenvalue weighted by Gasteiger charge is 2.73. The molecule has 2 bridgehead atoms. The molecule has 0 aromatic heterocycles. The van der Waals surface area contributed by atoms with Crippen molar-refractivity contribution in [2.75, 3.05) is 38.8 Å². The van der Waals surface area contributed by atoms with Crippen molar-refractivity contribution in [3.05, 3.63) is 34.6 Å². The summed E-state index contributed by atoms with van der Waals surface area (Å²) in [7, 11) is 3.27. The zero-order chi connectivity index (χ0) is 21.1. The third kappa shape index (κ3) is 2.00. The summed E-state index contributed by atoms with van der Waals surface area (Å²) in [4.78, 5) is 15.6. The van der Waals surface area contributed by atoms with Crippen molar-refractivity contribution in [1.29, 1.82) is 0 Å². The lowest BCUT2D eigenvalue weighted by atomic mass is 9.50. The minimum absolute atomic E-state index is 0.0251. The Hall–Kier alpha value is -2.09. The molecule has 5 aliphatic heterocycles. The molecule has 7 rings (SSSR count). The van der Waals surface area contributed by atoms with E-state index in [-0.39, 0.29) is 40.1 Å². The second-order valence-corrected chi connectivity index (χ2v) is 10.2. The van der Waals surface area contributed by atoms with Gasteiger partial charge in [-0.3, -0.25) is 4.79 Å². The summed E-state index contributed by atoms with van der Waals surface area (Å²) in [5.41, 5.74) is 2.96. The number of amides is 1. The summed E-state index contributed by atoms with van der Waals surface area (Å²) in [5, 5.41) is 14.3. The number of benzene rings is 1. The molecule has 7 atom stereocenters. The van der Waals surface area contributed by atoms with Crippen molar-refractivity contribution in [3.63, 3.8) is 0 Å². The van der Waals surface area contributed by atoms with Gasteiger partial charge in [0, 0.05) is 18.4 Å². The number of nitrogens with zero attached hydrogens (tertiary/aromatic N) is 2. The maximum atomic E-state index is 14.3. The molecule has 1 spiro atoms. The average molecular weight is 424 g/mol. The molecule has 31 heavy (non-hydrogen) atoms. The van der Waals surface area contributed by atoms with Crippen LogP contribution in [0.4, 0.5) is 5.69 Å². The van der Waals surface area contributed by atoms with Crippen LogP contribution in [0.1, 0.15) is 31.2 Å². The number of quaternary nitrogens is 1. The van der Waals surface area contributed by atoms with E-state index < -0.39 is 0 Å². The van der Waals surface area contributed by atoms with E-state index in [9.17, 15) is 10.0 Å². The Morgan fingerprint density at radius 1 is 1.26 bits per heavy atom. The van der Waals surface area contributed by atoms with Crippen LogP contribution >= 0.6 is 0 Å². The van der Waals surface area contributed by atoms with Gasteiger partial charge in [0.15, 0.2) is 11.5 Å². The fourth-order valence-corrected chi connectivity index (χ4v) is 8.39. The maximum absolute atomic E-state index is 14.3. The summed E-state index contributed by atoms with van der Waals surface area (Å²) in [6, 6.07) is 3.97. The van der Waals surface area contributed by atoms with Crippen LogP contribution in [0.5, 0.6) is 11.5 Å². The van der Waals surface area contributed by atoms with Gasteiger partial charge in [0.1, 0.15) is 12.6 Å². The first-order chi connectivity index (χ1) is 15.0. The SMILES string of the molecule is COc1cc2c(cc1OC)[C@@]13CCC[N+]4([O-])CC5=CCO[C@H]6CC(=O)N2[C@H]1C6[C@H]5C[C@@H]34. The van der Waals surface area contributed by atoms with Gasteiger partial charge in [-0.15, -0.1) is 0 Å². The third-order valence-electron chi connectivity index (χ3n) is 9.32. The van der Waals surface area contributed by atoms with Gasteiger partial charge < -0.3 is 29.0 Å². The molecule has 1 aliphatic carbocycles. The van der Waals surface area contributed by atoms with Crippen LogP contribution in [0, 0.1) is 17.0 Å². The smallest absolute Gasteiger partial charge is 0.229 e. The van der Waals surface area contributed by atoms with Gasteiger partial charge in [-0.05, 0) is 36.0 Å². The first-order valence-corrected chi connectivity index (χ1v) is 11.5. The Kier molecular flexibility index (Phi) is 3.47. The molecular formula is C24H28N2O5. The molecule has 3 saturated heterocycles. The van der Waals surface area contributed by atoms with Crippen molar-refractivity contribution >= 4 is 11.6 Å². The molecule has 0 radical (unpaired) electrons. The summed E-state index contributed by atoms with van der Waals surface area (Å²) >= 11 is 0. The van der Waals surface area contributed by atoms with Crippen LogP contribution < -0.4 is 14.4 Å². The second kappa shape index (κ2) is 5.82. The Labute approximate surface area is 181 Å². The number of hydrogen-bond acceptors (Lipinski definition) is 5. The van der Waals surface area contributed by atoms with Crippen LogP contribution in [0.2, 0.25) is 0 Å². The van der Waals surface area contributed by atoms with Crippen molar-refractivity contribution in [1.82, 2.24) is 0 Å². The molecule has 2 unspecified atom stereocenters. The van der Waals surface area contributed by atoms with Gasteiger partial charge in [-0.25, -0.2) is 0 Å². The minimum Gasteiger partial charge on any atom is -0.632 e. The lowest BCUT2D eigenvalue weighted by molar-refractivity contribution is -0.918. The van der Waals surface area contributed by atoms with Crippen molar-refractivity contribution in [2.24, 2.45) is 11.8 Å². The summed E-state index contributed by atoms with van der Waals surface area (Å²) in [5.74, 6) is 1.98. The third-order valence-corrected chi connectivity index (χ3v) is 9.32. The van der Waals surface area contributed by atoms with Crippen LogP contribution in [0.3, 0.4) is 0 Å². The number of methoxy groups -OCH3 is 2. The van der Waals surface area contributed by atoms with Gasteiger partial charge >= 0.3 is 0 Å². The Balaban J connectivity index is 1.54. The normalized spacial score (nSPS) is 43.7. The Morgan fingerprint density at radius 3 is 2.87 bits per heavy atom. The highest BCUT2D eigenvalue weighted by Crippen LogP contribution is 2.67. The van der Waals surface area contributed by atoms with Crippen molar-refractivity contribution in [3.8, 4) is 11.5 Å². The van der Waals surface area contributed by atoms with Gasteiger partial charge in [-0.2, -0.15) is 0 Å². The van der Waals surface area contributed by atoms with Crippen LogP contribution in [-0.4, -0.2) is 62.7 Å². The number of hydrogen-bond donors (Lipinski definition) is 0. The van der Waals surface area contributed by atoms with E-state index in [1.807, 2.05) is 11.0 Å². The highest BCUT2D eigenvalue weighted by atomic mass is 16.5. The molecule has 4 fully saturated rings. The monoisotopic (exact) mass is 424 g/mol. The Morgan fingerprint density at radius 2 is 2.06 bits per heavy atom. The number of piperidine rings is 3. The highest BCUT2D eigenvalue weighted by molar-refractivity contribution is 5.99. The summed E-state index contributed by atoms with van der Waals surface area (Å²) in [6.07, 6.45) is 5.20. The molecule has 6 aliphatic rings. The fraction of sp³-hybridized carbons (Fsp3) is 0.625. The van der Waals surface area contributed by atoms with E-state index in [4.69, 9.17) is 14.2 Å². The van der Waals surface area contributed by atoms with Crippen LogP contribution in [0.25, 0.3) is 0 Å². The zero-order valence-electron chi connectivity index (χ0n) is 18.0. The van der Waals surface area contributed by atoms with Gasteiger partial charge in [0.25, 0.3) is 0 Å². The number of fused-ring (bicyclic) bond motifs is 2. The minimum atomic E-state index is -0.344.